The Kier molecular flexibility index (Phi) is 76.9. The summed E-state index contributed by atoms with van der Waals surface area (Å²) in [6, 6.07) is 0. The molecule has 0 saturated heterocycles. The summed E-state index contributed by atoms with van der Waals surface area (Å²) < 4.78 is 68.9. The Bertz CT molecular complexity index is 2030. The Labute approximate surface area is 651 Å². The van der Waals surface area contributed by atoms with Crippen LogP contribution in [0.1, 0.15) is 465 Å². The third kappa shape index (κ3) is 80.1. The largest absolute Gasteiger partial charge is 0.472 e. The molecule has 3 N–H and O–H groups in total. The van der Waals surface area contributed by atoms with E-state index in [-0.39, 0.29) is 25.7 Å². The van der Waals surface area contributed by atoms with E-state index in [4.69, 9.17) is 37.0 Å². The maximum Gasteiger partial charge on any atom is 0.472 e. The summed E-state index contributed by atoms with van der Waals surface area (Å²) in [5.41, 5.74) is 0. The predicted octanol–water partition coefficient (Wildman–Crippen LogP) is 26.6. The second-order valence-electron chi connectivity index (χ2n) is 32.2. The zero-order chi connectivity index (χ0) is 77.8. The first kappa shape index (κ1) is 104. The fraction of sp³-hybridized carbons (Fsp3) is 0.954. The molecular formula is C87H170O17P2. The standard InChI is InChI=1S/C87H170O17P2/c1-7-9-11-13-15-17-18-19-20-21-22-23-27-30-35-40-46-52-58-64-70-85(90)98-76-83(104-86(91)71-65-59-53-47-41-36-31-28-25-24-26-29-33-38-44-49-55-61-67-79(3)4)78-102-106(95,96)100-74-81(88)73-99-105(93,94)101-77-82(75-97-84(89)69-63-57-51-43-16-14-12-10-8-2)103-87(92)72-66-60-54-48-42-37-32-34-39-45-50-56-62-68-80(5)6/h79-83,88H,7-78H2,1-6H3,(H,93,94)(H,95,96)/t81-,82+,83+/m0/s1. The summed E-state index contributed by atoms with van der Waals surface area (Å²) >= 11 is 0. The lowest BCUT2D eigenvalue weighted by molar-refractivity contribution is -0.161. The average molecular weight is 1550 g/mol. The minimum atomic E-state index is -4.97. The van der Waals surface area contributed by atoms with E-state index in [0.717, 1.165) is 102 Å². The zero-order valence-corrected chi connectivity index (χ0v) is 71.5. The molecule has 0 aromatic heterocycles. The van der Waals surface area contributed by atoms with Crippen molar-refractivity contribution in [3.05, 3.63) is 0 Å². The summed E-state index contributed by atoms with van der Waals surface area (Å²) in [6.45, 7) is 9.71. The van der Waals surface area contributed by atoms with Gasteiger partial charge in [-0.05, 0) is 37.5 Å². The van der Waals surface area contributed by atoms with E-state index in [0.29, 0.717) is 25.7 Å². The number of ether oxygens (including phenoxy) is 4. The van der Waals surface area contributed by atoms with Crippen LogP contribution < -0.4 is 0 Å². The highest BCUT2D eigenvalue weighted by atomic mass is 31.2. The van der Waals surface area contributed by atoms with Gasteiger partial charge in [0.25, 0.3) is 0 Å². The summed E-state index contributed by atoms with van der Waals surface area (Å²) in [6.07, 6.45) is 70.9. The van der Waals surface area contributed by atoms with Gasteiger partial charge in [-0.25, -0.2) is 9.13 Å². The zero-order valence-electron chi connectivity index (χ0n) is 69.7. The lowest BCUT2D eigenvalue weighted by Gasteiger charge is -2.21. The van der Waals surface area contributed by atoms with Crippen molar-refractivity contribution in [3.63, 3.8) is 0 Å². The van der Waals surface area contributed by atoms with Crippen molar-refractivity contribution in [2.45, 2.75) is 484 Å². The minimum absolute atomic E-state index is 0.108. The number of rotatable bonds is 86. The van der Waals surface area contributed by atoms with Gasteiger partial charge in [0.05, 0.1) is 26.4 Å². The minimum Gasteiger partial charge on any atom is -0.462 e. The predicted molar refractivity (Wildman–Crippen MR) is 437 cm³/mol. The molecule has 0 bridgehead atoms. The second kappa shape index (κ2) is 78.3. The molecule has 0 aromatic carbocycles. The second-order valence-corrected chi connectivity index (χ2v) is 35.1. The van der Waals surface area contributed by atoms with Gasteiger partial charge in [0.15, 0.2) is 12.2 Å². The molecule has 17 nitrogen and oxygen atoms in total. The van der Waals surface area contributed by atoms with Crippen LogP contribution in [0.25, 0.3) is 0 Å². The molecule has 0 saturated carbocycles. The van der Waals surface area contributed by atoms with Crippen LogP contribution in [-0.4, -0.2) is 96.7 Å². The van der Waals surface area contributed by atoms with Gasteiger partial charge >= 0.3 is 39.5 Å². The van der Waals surface area contributed by atoms with Gasteiger partial charge in [0, 0.05) is 25.7 Å². The average Bonchev–Trinajstić information content (AvgIpc) is 0.900. The van der Waals surface area contributed by atoms with Crippen molar-refractivity contribution in [1.82, 2.24) is 0 Å². The normalized spacial score (nSPS) is 13.8. The Morgan fingerprint density at radius 3 is 0.642 bits per heavy atom. The lowest BCUT2D eigenvalue weighted by atomic mass is 10.0. The molecule has 0 spiro atoms. The molecule has 0 heterocycles. The number of esters is 4. The van der Waals surface area contributed by atoms with Crippen LogP contribution in [-0.2, 0) is 65.4 Å². The molecule has 106 heavy (non-hydrogen) atoms. The van der Waals surface area contributed by atoms with E-state index in [1.807, 2.05) is 0 Å². The van der Waals surface area contributed by atoms with E-state index >= 15 is 0 Å². The first-order valence-electron chi connectivity index (χ1n) is 45.0. The number of hydrogen-bond donors (Lipinski definition) is 3. The summed E-state index contributed by atoms with van der Waals surface area (Å²) in [5, 5.41) is 10.7. The number of aliphatic hydroxyl groups is 1. The molecule has 5 atom stereocenters. The van der Waals surface area contributed by atoms with Gasteiger partial charge in [-0.15, -0.1) is 0 Å². The van der Waals surface area contributed by atoms with E-state index in [2.05, 4.69) is 41.5 Å². The molecule has 0 radical (unpaired) electrons. The number of phosphoric ester groups is 2. The Morgan fingerprint density at radius 2 is 0.434 bits per heavy atom. The number of phosphoric acid groups is 2. The van der Waals surface area contributed by atoms with Crippen molar-refractivity contribution < 1.29 is 80.2 Å². The molecule has 0 aliphatic rings. The monoisotopic (exact) mass is 1550 g/mol. The molecule has 19 heteroatoms. The van der Waals surface area contributed by atoms with Crippen LogP contribution in [0.2, 0.25) is 0 Å². The quantitative estimate of drug-likeness (QED) is 0.0222. The molecule has 0 aliphatic heterocycles. The first-order valence-corrected chi connectivity index (χ1v) is 48.0. The van der Waals surface area contributed by atoms with Crippen LogP contribution in [0, 0.1) is 11.8 Å². The van der Waals surface area contributed by atoms with Gasteiger partial charge in [0.2, 0.25) is 0 Å². The highest BCUT2D eigenvalue weighted by molar-refractivity contribution is 7.47. The number of hydrogen-bond acceptors (Lipinski definition) is 15. The number of aliphatic hydroxyl groups excluding tert-OH is 1. The van der Waals surface area contributed by atoms with Gasteiger partial charge in [-0.2, -0.15) is 0 Å². The van der Waals surface area contributed by atoms with Crippen molar-refractivity contribution >= 4 is 39.5 Å². The van der Waals surface area contributed by atoms with E-state index in [9.17, 15) is 43.2 Å². The van der Waals surface area contributed by atoms with Crippen molar-refractivity contribution in [1.29, 1.82) is 0 Å². The summed E-state index contributed by atoms with van der Waals surface area (Å²) in [7, 11) is -9.93. The van der Waals surface area contributed by atoms with Gasteiger partial charge in [-0.1, -0.05) is 414 Å². The Hall–Kier alpha value is -1.94. The molecule has 0 rings (SSSR count). The van der Waals surface area contributed by atoms with Crippen LogP contribution in [0.5, 0.6) is 0 Å². The maximum absolute atomic E-state index is 13.2. The Morgan fingerprint density at radius 1 is 0.255 bits per heavy atom. The van der Waals surface area contributed by atoms with Crippen LogP contribution in [0.4, 0.5) is 0 Å². The highest BCUT2D eigenvalue weighted by Gasteiger charge is 2.30. The highest BCUT2D eigenvalue weighted by Crippen LogP contribution is 2.45. The van der Waals surface area contributed by atoms with Gasteiger partial charge in [0.1, 0.15) is 19.3 Å². The fourth-order valence-electron chi connectivity index (χ4n) is 13.6. The van der Waals surface area contributed by atoms with Gasteiger partial charge < -0.3 is 33.8 Å². The third-order valence-corrected chi connectivity index (χ3v) is 22.4. The molecule has 0 amide bonds. The number of carbonyl (C=O) groups excluding carboxylic acids is 4. The van der Waals surface area contributed by atoms with Crippen LogP contribution in [0.3, 0.4) is 0 Å². The van der Waals surface area contributed by atoms with Crippen LogP contribution >= 0.6 is 15.6 Å². The van der Waals surface area contributed by atoms with Crippen LogP contribution in [0.15, 0.2) is 0 Å². The molecule has 2 unspecified atom stereocenters. The Balaban J connectivity index is 5.20. The van der Waals surface area contributed by atoms with Gasteiger partial charge in [-0.3, -0.25) is 37.3 Å². The maximum atomic E-state index is 13.2. The fourth-order valence-corrected chi connectivity index (χ4v) is 15.2. The smallest absolute Gasteiger partial charge is 0.462 e. The van der Waals surface area contributed by atoms with Crippen molar-refractivity contribution in [2.24, 2.45) is 11.8 Å². The van der Waals surface area contributed by atoms with Crippen molar-refractivity contribution in [3.8, 4) is 0 Å². The summed E-state index contributed by atoms with van der Waals surface area (Å²) in [5.74, 6) is -0.495. The lowest BCUT2D eigenvalue weighted by Crippen LogP contribution is -2.30. The SMILES string of the molecule is CCCCCCCCCCCCCCCCCCCCCCC(=O)OC[C@H](COP(=O)(O)OC[C@@H](O)COP(=O)(O)OC[C@@H](COC(=O)CCCCCCCCCCC)OC(=O)CCCCCCCCCCCCCCCC(C)C)OC(=O)CCCCCCCCCCCCCCCCCCCCC(C)C. The molecule has 0 aliphatic carbocycles. The molecular weight excluding hydrogens is 1380 g/mol. The molecule has 0 aromatic rings. The van der Waals surface area contributed by atoms with E-state index in [1.54, 1.807) is 0 Å². The summed E-state index contributed by atoms with van der Waals surface area (Å²) in [4.78, 5) is 73.2. The first-order chi connectivity index (χ1) is 51.4. The molecule has 630 valence electrons. The van der Waals surface area contributed by atoms with E-state index < -0.39 is 97.5 Å². The topological polar surface area (TPSA) is 237 Å². The molecule has 0 fully saturated rings. The number of carbonyl (C=O) groups is 4. The van der Waals surface area contributed by atoms with E-state index in [1.165, 1.54) is 283 Å². The van der Waals surface area contributed by atoms with Crippen molar-refractivity contribution in [2.75, 3.05) is 39.6 Å². The third-order valence-electron chi connectivity index (χ3n) is 20.5. The number of unbranched alkanes of at least 4 members (excludes halogenated alkanes) is 56.